The molecule has 0 aliphatic heterocycles. The molecule has 4 aromatic rings. The van der Waals surface area contributed by atoms with E-state index in [2.05, 4.69) is 20.7 Å². The van der Waals surface area contributed by atoms with E-state index in [-0.39, 0.29) is 36.9 Å². The lowest BCUT2D eigenvalue weighted by atomic mass is 10.1. The molecule has 0 bridgehead atoms. The predicted molar refractivity (Wildman–Crippen MR) is 128 cm³/mol. The van der Waals surface area contributed by atoms with Crippen molar-refractivity contribution in [3.05, 3.63) is 80.5 Å². The van der Waals surface area contributed by atoms with Gasteiger partial charge in [0.25, 0.3) is 5.56 Å². The molecule has 2 amide bonds. The molecule has 2 heterocycles. The lowest BCUT2D eigenvalue weighted by Crippen LogP contribution is -2.36. The maximum absolute atomic E-state index is 13.1. The van der Waals surface area contributed by atoms with Crippen LogP contribution in [-0.2, 0) is 22.6 Å². The Morgan fingerprint density at radius 1 is 1.03 bits per heavy atom. The summed E-state index contributed by atoms with van der Waals surface area (Å²) in [7, 11) is 1.50. The Labute approximate surface area is 194 Å². The Bertz CT molecular complexity index is 1380. The fourth-order valence-corrected chi connectivity index (χ4v) is 4.18. The van der Waals surface area contributed by atoms with Gasteiger partial charge < -0.3 is 10.6 Å². The third-order valence-corrected chi connectivity index (χ3v) is 6.01. The fraction of sp³-hybridized carbons (Fsp3) is 0.208. The van der Waals surface area contributed by atoms with E-state index in [1.807, 2.05) is 36.6 Å². The lowest BCUT2D eigenvalue weighted by Gasteiger charge is -2.10. The number of carbonyl (C=O) groups is 2. The molecule has 2 N–H and O–H groups in total. The van der Waals surface area contributed by atoms with Gasteiger partial charge in [-0.25, -0.2) is 9.67 Å². The normalized spacial score (nSPS) is 10.8. The molecule has 0 fully saturated rings. The maximum atomic E-state index is 13.1. The maximum Gasteiger partial charge on any atom is 0.275 e. The highest BCUT2D eigenvalue weighted by molar-refractivity contribution is 7.09. The number of nitrogens with zero attached hydrogens (tertiary/aromatic N) is 3. The van der Waals surface area contributed by atoms with Crippen LogP contribution in [0.3, 0.4) is 0 Å². The summed E-state index contributed by atoms with van der Waals surface area (Å²) < 4.78 is 1.35. The number of aryl methyl sites for hydroxylation is 1. The first-order valence-corrected chi connectivity index (χ1v) is 11.3. The average molecular weight is 462 g/mol. The van der Waals surface area contributed by atoms with Gasteiger partial charge in [-0.1, -0.05) is 48.0 Å². The number of nitrogens with one attached hydrogen (secondary N) is 2. The van der Waals surface area contributed by atoms with Gasteiger partial charge in [0.1, 0.15) is 5.01 Å². The van der Waals surface area contributed by atoms with Gasteiger partial charge in [-0.15, -0.1) is 11.3 Å². The van der Waals surface area contributed by atoms with Crippen molar-refractivity contribution < 1.29 is 9.59 Å². The third kappa shape index (κ3) is 5.15. The minimum absolute atomic E-state index is 0.0513. The van der Waals surface area contributed by atoms with Crippen LogP contribution in [-0.4, -0.2) is 40.2 Å². The van der Waals surface area contributed by atoms with Crippen molar-refractivity contribution in [3.63, 3.8) is 0 Å². The second-order valence-corrected chi connectivity index (χ2v) is 8.52. The van der Waals surface area contributed by atoms with E-state index >= 15 is 0 Å². The lowest BCUT2D eigenvalue weighted by molar-refractivity contribution is -0.125. The van der Waals surface area contributed by atoms with Gasteiger partial charge in [0.15, 0.2) is 0 Å². The predicted octanol–water partition coefficient (Wildman–Crippen LogP) is 2.28. The standard InChI is InChI=1S/C24H23N5O3S/c1-15-7-9-16(10-8-15)20-14-33-23(27-20)13-29-24(32)18-6-4-3-5-17(18)19(28-29)11-21(30)26-12-22(31)25-2/h3-10,14H,11-13H2,1-2H3,(H,25,31)(H,26,30). The van der Waals surface area contributed by atoms with Crippen LogP contribution in [0.25, 0.3) is 22.0 Å². The summed E-state index contributed by atoms with van der Waals surface area (Å²) in [6, 6.07) is 15.2. The van der Waals surface area contributed by atoms with Crippen molar-refractivity contribution in [1.82, 2.24) is 25.4 Å². The topological polar surface area (TPSA) is 106 Å². The van der Waals surface area contributed by atoms with Gasteiger partial charge in [-0.3, -0.25) is 14.4 Å². The summed E-state index contributed by atoms with van der Waals surface area (Å²) in [6.45, 7) is 2.12. The summed E-state index contributed by atoms with van der Waals surface area (Å²) in [6.07, 6.45) is -0.0513. The van der Waals surface area contributed by atoms with Crippen LogP contribution in [0.4, 0.5) is 0 Å². The SMILES string of the molecule is CNC(=O)CNC(=O)Cc1nn(Cc2nc(-c3ccc(C)cc3)cs2)c(=O)c2ccccc12. The molecule has 8 nitrogen and oxygen atoms in total. The molecule has 0 aliphatic rings. The summed E-state index contributed by atoms with van der Waals surface area (Å²) >= 11 is 1.46. The van der Waals surface area contributed by atoms with Gasteiger partial charge in [0, 0.05) is 23.4 Å². The van der Waals surface area contributed by atoms with E-state index in [9.17, 15) is 14.4 Å². The molecule has 0 spiro atoms. The molecular weight excluding hydrogens is 438 g/mol. The number of aromatic nitrogens is 3. The van der Waals surface area contributed by atoms with Crippen molar-refractivity contribution in [2.45, 2.75) is 19.9 Å². The van der Waals surface area contributed by atoms with E-state index in [0.29, 0.717) is 16.5 Å². The Hall–Kier alpha value is -3.85. The number of amides is 2. The minimum atomic E-state index is -0.350. The van der Waals surface area contributed by atoms with E-state index in [4.69, 9.17) is 0 Å². The number of rotatable bonds is 7. The van der Waals surface area contributed by atoms with E-state index < -0.39 is 0 Å². The number of benzene rings is 2. The van der Waals surface area contributed by atoms with Gasteiger partial charge in [-0.2, -0.15) is 5.10 Å². The number of thiazole rings is 1. The van der Waals surface area contributed by atoms with Crippen LogP contribution in [0, 0.1) is 6.92 Å². The molecule has 33 heavy (non-hydrogen) atoms. The monoisotopic (exact) mass is 461 g/mol. The smallest absolute Gasteiger partial charge is 0.275 e. The molecule has 0 unspecified atom stereocenters. The fourth-order valence-electron chi connectivity index (χ4n) is 3.39. The first-order chi connectivity index (χ1) is 15.9. The minimum Gasteiger partial charge on any atom is -0.358 e. The number of carbonyl (C=O) groups excluding carboxylic acids is 2. The highest BCUT2D eigenvalue weighted by Gasteiger charge is 2.15. The molecular formula is C24H23N5O3S. The van der Waals surface area contributed by atoms with E-state index in [0.717, 1.165) is 16.3 Å². The third-order valence-electron chi connectivity index (χ3n) is 5.18. The molecule has 0 saturated carbocycles. The van der Waals surface area contributed by atoms with Gasteiger partial charge in [0.2, 0.25) is 11.8 Å². The molecule has 168 valence electrons. The Morgan fingerprint density at radius 3 is 2.48 bits per heavy atom. The van der Waals surface area contributed by atoms with Crippen molar-refractivity contribution in [2.24, 2.45) is 0 Å². The summed E-state index contributed by atoms with van der Waals surface area (Å²) in [5.74, 6) is -0.642. The Morgan fingerprint density at radius 2 is 1.76 bits per heavy atom. The molecule has 0 atom stereocenters. The van der Waals surface area contributed by atoms with Crippen LogP contribution in [0.5, 0.6) is 0 Å². The van der Waals surface area contributed by atoms with Crippen LogP contribution < -0.4 is 16.2 Å². The largest absolute Gasteiger partial charge is 0.358 e. The average Bonchev–Trinajstić information content (AvgIpc) is 3.29. The quantitative estimate of drug-likeness (QED) is 0.439. The van der Waals surface area contributed by atoms with Crippen LogP contribution in [0.1, 0.15) is 16.3 Å². The van der Waals surface area contributed by atoms with Gasteiger partial charge >= 0.3 is 0 Å². The molecule has 0 saturated heterocycles. The van der Waals surface area contributed by atoms with Crippen LogP contribution in [0.15, 0.2) is 58.7 Å². The Balaban J connectivity index is 1.62. The summed E-state index contributed by atoms with van der Waals surface area (Å²) in [4.78, 5) is 41.5. The number of hydrogen-bond donors (Lipinski definition) is 2. The van der Waals surface area contributed by atoms with Gasteiger partial charge in [-0.05, 0) is 13.0 Å². The van der Waals surface area contributed by atoms with Crippen molar-refractivity contribution in [2.75, 3.05) is 13.6 Å². The molecule has 2 aromatic carbocycles. The number of likely N-dealkylation sites (N-methyl/N-ethyl adjacent to an activating group) is 1. The second-order valence-electron chi connectivity index (χ2n) is 7.57. The zero-order chi connectivity index (χ0) is 23.4. The highest BCUT2D eigenvalue weighted by Crippen LogP contribution is 2.23. The Kier molecular flexibility index (Phi) is 6.60. The summed E-state index contributed by atoms with van der Waals surface area (Å²) in [5, 5.41) is 13.3. The zero-order valence-electron chi connectivity index (χ0n) is 18.3. The highest BCUT2D eigenvalue weighted by atomic mass is 32.1. The van der Waals surface area contributed by atoms with E-state index in [1.54, 1.807) is 24.3 Å². The zero-order valence-corrected chi connectivity index (χ0v) is 19.1. The molecule has 2 aromatic heterocycles. The molecule has 0 radical (unpaired) electrons. The first-order valence-electron chi connectivity index (χ1n) is 10.4. The summed E-state index contributed by atoms with van der Waals surface area (Å²) in [5.41, 5.74) is 3.25. The molecule has 0 aliphatic carbocycles. The molecule has 9 heteroatoms. The van der Waals surface area contributed by atoms with E-state index in [1.165, 1.54) is 28.6 Å². The van der Waals surface area contributed by atoms with Crippen molar-refractivity contribution in [3.8, 4) is 11.3 Å². The molecule has 4 rings (SSSR count). The van der Waals surface area contributed by atoms with Crippen molar-refractivity contribution in [1.29, 1.82) is 0 Å². The number of hydrogen-bond acceptors (Lipinski definition) is 6. The van der Waals surface area contributed by atoms with Crippen LogP contribution in [0.2, 0.25) is 0 Å². The van der Waals surface area contributed by atoms with Crippen LogP contribution >= 0.6 is 11.3 Å². The second kappa shape index (κ2) is 9.74. The van der Waals surface area contributed by atoms with Crippen molar-refractivity contribution >= 4 is 33.9 Å². The first kappa shape index (κ1) is 22.3. The number of fused-ring (bicyclic) bond motifs is 1. The van der Waals surface area contributed by atoms with Gasteiger partial charge in [0.05, 0.1) is 36.3 Å².